The molecule has 0 spiro atoms. The van der Waals surface area contributed by atoms with E-state index in [1.54, 1.807) is 0 Å². The summed E-state index contributed by atoms with van der Waals surface area (Å²) in [6, 6.07) is 3.28. The highest BCUT2D eigenvalue weighted by Crippen LogP contribution is 2.30. The van der Waals surface area contributed by atoms with E-state index < -0.39 is 4.92 Å². The third kappa shape index (κ3) is 2.70. The van der Waals surface area contributed by atoms with Crippen molar-refractivity contribution in [1.82, 2.24) is 4.98 Å². The van der Waals surface area contributed by atoms with Crippen molar-refractivity contribution in [3.8, 4) is 6.07 Å². The van der Waals surface area contributed by atoms with Gasteiger partial charge in [-0.2, -0.15) is 5.26 Å². The lowest BCUT2D eigenvalue weighted by Crippen LogP contribution is -2.47. The quantitative estimate of drug-likeness (QED) is 0.660. The molecule has 0 amide bonds. The molecule has 0 saturated carbocycles. The van der Waals surface area contributed by atoms with Gasteiger partial charge in [-0.25, -0.2) is 4.98 Å². The molecule has 0 aliphatic carbocycles. The predicted molar refractivity (Wildman–Crippen MR) is 74.2 cm³/mol. The van der Waals surface area contributed by atoms with Gasteiger partial charge in [0.15, 0.2) is 0 Å². The zero-order valence-corrected chi connectivity index (χ0v) is 11.3. The van der Waals surface area contributed by atoms with Gasteiger partial charge in [0.25, 0.3) is 0 Å². The number of pyridine rings is 1. The fourth-order valence-electron chi connectivity index (χ4n) is 2.56. The van der Waals surface area contributed by atoms with E-state index in [-0.39, 0.29) is 17.3 Å². The fourth-order valence-corrected chi connectivity index (χ4v) is 2.56. The molecule has 2 N–H and O–H groups in total. The molecule has 2 heterocycles. The Bertz CT molecular complexity index is 554. The van der Waals surface area contributed by atoms with Crippen LogP contribution in [0, 0.1) is 27.4 Å². The Labute approximate surface area is 117 Å². The monoisotopic (exact) mass is 275 g/mol. The summed E-state index contributed by atoms with van der Waals surface area (Å²) < 4.78 is 0. The van der Waals surface area contributed by atoms with Crippen LogP contribution in [0.1, 0.15) is 25.3 Å². The first-order valence-electron chi connectivity index (χ1n) is 6.61. The van der Waals surface area contributed by atoms with Crippen molar-refractivity contribution < 1.29 is 4.92 Å². The highest BCUT2D eigenvalue weighted by Gasteiger charge is 2.30. The van der Waals surface area contributed by atoms with Crippen molar-refractivity contribution in [2.45, 2.75) is 25.8 Å². The van der Waals surface area contributed by atoms with Crippen molar-refractivity contribution in [1.29, 1.82) is 5.26 Å². The summed E-state index contributed by atoms with van der Waals surface area (Å²) in [4.78, 5) is 16.7. The van der Waals surface area contributed by atoms with Crippen LogP contribution < -0.4 is 10.6 Å². The maximum Gasteiger partial charge on any atom is 0.312 e. The van der Waals surface area contributed by atoms with Crippen LogP contribution in [0.3, 0.4) is 0 Å². The first-order valence-corrected chi connectivity index (χ1v) is 6.61. The molecule has 2 unspecified atom stereocenters. The SMILES string of the molecule is CCC1CN(c2ncc(C#N)cc2[N+](=O)[O-])CCC1N. The average Bonchev–Trinajstić information content (AvgIpc) is 2.47. The molecule has 106 valence electrons. The average molecular weight is 275 g/mol. The van der Waals surface area contributed by atoms with Crippen molar-refractivity contribution in [2.24, 2.45) is 11.7 Å². The van der Waals surface area contributed by atoms with Crippen LogP contribution in [0.15, 0.2) is 12.3 Å². The number of nitrogens with two attached hydrogens (primary N) is 1. The predicted octanol–water partition coefficient (Wildman–Crippen LogP) is 1.43. The normalized spacial score (nSPS) is 22.4. The van der Waals surface area contributed by atoms with Crippen LogP contribution in [0.4, 0.5) is 11.5 Å². The molecule has 1 aromatic rings. The highest BCUT2D eigenvalue weighted by molar-refractivity contribution is 5.60. The van der Waals surface area contributed by atoms with Gasteiger partial charge in [0.2, 0.25) is 5.82 Å². The summed E-state index contributed by atoms with van der Waals surface area (Å²) in [7, 11) is 0. The van der Waals surface area contributed by atoms with Gasteiger partial charge in [0.05, 0.1) is 10.5 Å². The summed E-state index contributed by atoms with van der Waals surface area (Å²) >= 11 is 0. The smallest absolute Gasteiger partial charge is 0.312 e. The number of anilines is 1. The largest absolute Gasteiger partial charge is 0.350 e. The van der Waals surface area contributed by atoms with Crippen LogP contribution >= 0.6 is 0 Å². The lowest BCUT2D eigenvalue weighted by Gasteiger charge is -2.36. The molecule has 0 aromatic carbocycles. The molecule has 2 rings (SSSR count). The Balaban J connectivity index is 2.33. The second kappa shape index (κ2) is 5.84. The van der Waals surface area contributed by atoms with Crippen molar-refractivity contribution in [3.05, 3.63) is 27.9 Å². The second-order valence-corrected chi connectivity index (χ2v) is 5.00. The third-order valence-corrected chi connectivity index (χ3v) is 3.79. The van der Waals surface area contributed by atoms with Crippen molar-refractivity contribution in [3.63, 3.8) is 0 Å². The molecule has 1 saturated heterocycles. The molecule has 1 aliphatic heterocycles. The fraction of sp³-hybridized carbons (Fsp3) is 0.538. The van der Waals surface area contributed by atoms with E-state index in [0.29, 0.717) is 24.8 Å². The molecule has 0 radical (unpaired) electrons. The van der Waals surface area contributed by atoms with Crippen molar-refractivity contribution >= 4 is 11.5 Å². The zero-order valence-electron chi connectivity index (χ0n) is 11.3. The number of nitro groups is 1. The molecule has 1 aromatic heterocycles. The van der Waals surface area contributed by atoms with Crippen molar-refractivity contribution in [2.75, 3.05) is 18.0 Å². The standard InChI is InChI=1S/C13H17N5O2/c1-2-10-8-17(4-3-11(10)15)13-12(18(19)20)5-9(6-14)7-16-13/h5,7,10-11H,2-4,8,15H2,1H3. The minimum Gasteiger partial charge on any atom is -0.350 e. The molecule has 0 bridgehead atoms. The van der Waals surface area contributed by atoms with Gasteiger partial charge in [-0.1, -0.05) is 13.3 Å². The summed E-state index contributed by atoms with van der Waals surface area (Å²) in [6.07, 6.45) is 3.09. The first kappa shape index (κ1) is 14.2. The van der Waals surface area contributed by atoms with Crippen LogP contribution in [0.25, 0.3) is 0 Å². The molecule has 7 nitrogen and oxygen atoms in total. The van der Waals surface area contributed by atoms with Crippen LogP contribution in [0.5, 0.6) is 0 Å². The number of hydrogen-bond donors (Lipinski definition) is 1. The van der Waals surface area contributed by atoms with Gasteiger partial charge >= 0.3 is 5.69 Å². The van der Waals surface area contributed by atoms with Gasteiger partial charge in [-0.15, -0.1) is 0 Å². The molecule has 2 atom stereocenters. The molecule has 1 aliphatic rings. The number of piperidine rings is 1. The third-order valence-electron chi connectivity index (χ3n) is 3.79. The summed E-state index contributed by atoms with van der Waals surface area (Å²) in [5.74, 6) is 0.639. The van der Waals surface area contributed by atoms with E-state index >= 15 is 0 Å². The van der Waals surface area contributed by atoms with Crippen LogP contribution in [0.2, 0.25) is 0 Å². The van der Waals surface area contributed by atoms with E-state index in [0.717, 1.165) is 12.8 Å². The number of hydrogen-bond acceptors (Lipinski definition) is 6. The Morgan fingerprint density at radius 1 is 1.70 bits per heavy atom. The molecule has 7 heteroatoms. The highest BCUT2D eigenvalue weighted by atomic mass is 16.6. The molecule has 20 heavy (non-hydrogen) atoms. The number of aromatic nitrogens is 1. The number of nitriles is 1. The Morgan fingerprint density at radius 3 is 3.05 bits per heavy atom. The zero-order chi connectivity index (χ0) is 14.7. The van der Waals surface area contributed by atoms with Gasteiger partial charge in [-0.3, -0.25) is 10.1 Å². The Hall–Kier alpha value is -2.20. The second-order valence-electron chi connectivity index (χ2n) is 5.00. The summed E-state index contributed by atoms with van der Waals surface area (Å²) in [5, 5.41) is 20.0. The van der Waals surface area contributed by atoms with E-state index in [1.165, 1.54) is 12.3 Å². The van der Waals surface area contributed by atoms with E-state index in [2.05, 4.69) is 11.9 Å². The van der Waals surface area contributed by atoms with Gasteiger partial charge < -0.3 is 10.6 Å². The summed E-state index contributed by atoms with van der Waals surface area (Å²) in [6.45, 7) is 3.38. The van der Waals surface area contributed by atoms with Crippen LogP contribution in [-0.4, -0.2) is 29.0 Å². The first-order chi connectivity index (χ1) is 9.56. The van der Waals surface area contributed by atoms with E-state index in [1.807, 2.05) is 11.0 Å². The molecular formula is C13H17N5O2. The van der Waals surface area contributed by atoms with Gasteiger partial charge in [0.1, 0.15) is 6.07 Å². The number of nitrogens with zero attached hydrogens (tertiary/aromatic N) is 4. The maximum absolute atomic E-state index is 11.2. The lowest BCUT2D eigenvalue weighted by molar-refractivity contribution is -0.384. The van der Waals surface area contributed by atoms with Gasteiger partial charge in [0, 0.05) is 31.4 Å². The maximum atomic E-state index is 11.2. The van der Waals surface area contributed by atoms with E-state index in [4.69, 9.17) is 11.0 Å². The Morgan fingerprint density at radius 2 is 2.45 bits per heavy atom. The minimum absolute atomic E-state index is 0.116. The topological polar surface area (TPSA) is 109 Å². The van der Waals surface area contributed by atoms with E-state index in [9.17, 15) is 10.1 Å². The molecular weight excluding hydrogens is 258 g/mol. The number of rotatable bonds is 3. The van der Waals surface area contributed by atoms with Crippen LogP contribution in [-0.2, 0) is 0 Å². The summed E-state index contributed by atoms with van der Waals surface area (Å²) in [5.41, 5.74) is 6.13. The lowest BCUT2D eigenvalue weighted by atomic mass is 9.90. The van der Waals surface area contributed by atoms with Gasteiger partial charge in [-0.05, 0) is 12.3 Å². The minimum atomic E-state index is -0.487. The Kier molecular flexibility index (Phi) is 4.15. The molecule has 1 fully saturated rings.